The molecule has 21 heavy (non-hydrogen) atoms. The summed E-state index contributed by atoms with van der Waals surface area (Å²) in [6, 6.07) is -0.0600. The van der Waals surface area contributed by atoms with Crippen molar-refractivity contribution in [1.29, 1.82) is 0 Å². The van der Waals surface area contributed by atoms with Crippen LogP contribution < -0.4 is 10.6 Å². The summed E-state index contributed by atoms with van der Waals surface area (Å²) in [6.45, 7) is 7.06. The Hall–Kier alpha value is -1.10. The van der Waals surface area contributed by atoms with E-state index in [9.17, 15) is 9.59 Å². The average molecular weight is 295 g/mol. The summed E-state index contributed by atoms with van der Waals surface area (Å²) >= 11 is 0. The van der Waals surface area contributed by atoms with Gasteiger partial charge < -0.3 is 15.5 Å². The molecule has 1 saturated carbocycles. The van der Waals surface area contributed by atoms with Crippen LogP contribution in [0.3, 0.4) is 0 Å². The zero-order chi connectivity index (χ0) is 15.4. The van der Waals surface area contributed by atoms with Crippen molar-refractivity contribution in [2.45, 2.75) is 71.0 Å². The van der Waals surface area contributed by atoms with Gasteiger partial charge in [0.1, 0.15) is 6.04 Å². The zero-order valence-electron chi connectivity index (χ0n) is 13.5. The fourth-order valence-corrected chi connectivity index (χ4v) is 3.71. The van der Waals surface area contributed by atoms with E-state index in [4.69, 9.17) is 0 Å². The first kappa shape index (κ1) is 16.3. The van der Waals surface area contributed by atoms with Crippen LogP contribution in [0.2, 0.25) is 0 Å². The number of hydrogen-bond donors (Lipinski definition) is 2. The summed E-state index contributed by atoms with van der Waals surface area (Å²) in [4.78, 5) is 26.3. The van der Waals surface area contributed by atoms with Crippen LogP contribution >= 0.6 is 0 Å². The molecule has 0 aromatic rings. The highest BCUT2D eigenvalue weighted by Gasteiger charge is 2.38. The lowest BCUT2D eigenvalue weighted by Gasteiger charge is -2.25. The van der Waals surface area contributed by atoms with E-state index >= 15 is 0 Å². The fourth-order valence-electron chi connectivity index (χ4n) is 3.71. The summed E-state index contributed by atoms with van der Waals surface area (Å²) in [5.41, 5.74) is 0. The molecule has 2 aliphatic rings. The van der Waals surface area contributed by atoms with Gasteiger partial charge in [0.2, 0.25) is 11.8 Å². The SMILES string of the molecule is CCN(CC)C(=O)C(C)NC(=O)C1CC2CCCCC2N1. The van der Waals surface area contributed by atoms with E-state index in [1.54, 1.807) is 11.8 Å². The second-order valence-electron chi connectivity index (χ2n) is 6.35. The van der Waals surface area contributed by atoms with E-state index in [1.807, 2.05) is 13.8 Å². The van der Waals surface area contributed by atoms with Crippen LogP contribution in [0, 0.1) is 5.92 Å². The first-order valence-corrected chi connectivity index (χ1v) is 8.42. The summed E-state index contributed by atoms with van der Waals surface area (Å²) < 4.78 is 0. The maximum absolute atomic E-state index is 12.4. The lowest BCUT2D eigenvalue weighted by atomic mass is 9.85. The number of carbonyl (C=O) groups excluding carboxylic acids is 2. The van der Waals surface area contributed by atoms with Crippen LogP contribution in [-0.4, -0.2) is 47.9 Å². The molecule has 2 N–H and O–H groups in total. The molecule has 120 valence electrons. The summed E-state index contributed by atoms with van der Waals surface area (Å²) in [5, 5.41) is 6.34. The quantitative estimate of drug-likeness (QED) is 0.803. The second-order valence-corrected chi connectivity index (χ2v) is 6.35. The number of amides is 2. The van der Waals surface area contributed by atoms with E-state index < -0.39 is 6.04 Å². The standard InChI is InChI=1S/C16H29N3O2/c1-4-19(5-2)16(21)11(3)17-15(20)14-10-12-8-6-7-9-13(12)18-14/h11-14,18H,4-10H2,1-3H3,(H,17,20). The van der Waals surface area contributed by atoms with Crippen molar-refractivity contribution < 1.29 is 9.59 Å². The van der Waals surface area contributed by atoms with E-state index in [-0.39, 0.29) is 17.9 Å². The number of hydrogen-bond acceptors (Lipinski definition) is 3. The van der Waals surface area contributed by atoms with E-state index in [1.165, 1.54) is 25.7 Å². The molecule has 2 rings (SSSR count). The molecule has 4 unspecified atom stereocenters. The molecule has 1 aliphatic carbocycles. The number of carbonyl (C=O) groups is 2. The largest absolute Gasteiger partial charge is 0.343 e. The molecule has 2 amide bonds. The molecular formula is C16H29N3O2. The Labute approximate surface area is 127 Å². The molecule has 0 radical (unpaired) electrons. The van der Waals surface area contributed by atoms with Crippen molar-refractivity contribution in [3.8, 4) is 0 Å². The number of fused-ring (bicyclic) bond motifs is 1. The normalized spacial score (nSPS) is 29.6. The third kappa shape index (κ3) is 3.76. The van der Waals surface area contributed by atoms with Gasteiger partial charge in [-0.1, -0.05) is 12.8 Å². The van der Waals surface area contributed by atoms with E-state index in [0.717, 1.165) is 6.42 Å². The molecule has 2 fully saturated rings. The highest BCUT2D eigenvalue weighted by molar-refractivity contribution is 5.89. The third-order valence-electron chi connectivity index (χ3n) is 4.98. The Morgan fingerprint density at radius 3 is 2.52 bits per heavy atom. The van der Waals surface area contributed by atoms with Gasteiger partial charge >= 0.3 is 0 Å². The number of nitrogens with zero attached hydrogens (tertiary/aromatic N) is 1. The Morgan fingerprint density at radius 2 is 1.90 bits per heavy atom. The molecular weight excluding hydrogens is 266 g/mol. The van der Waals surface area contributed by atoms with Crippen LogP contribution in [0.5, 0.6) is 0 Å². The predicted octanol–water partition coefficient (Wildman–Crippen LogP) is 1.28. The lowest BCUT2D eigenvalue weighted by molar-refractivity contribution is -0.136. The van der Waals surface area contributed by atoms with E-state index in [2.05, 4.69) is 10.6 Å². The van der Waals surface area contributed by atoms with Crippen LogP contribution in [0.1, 0.15) is 52.9 Å². The maximum Gasteiger partial charge on any atom is 0.244 e. The molecule has 0 aromatic heterocycles. The van der Waals surface area contributed by atoms with Crippen molar-refractivity contribution in [2.75, 3.05) is 13.1 Å². The first-order valence-electron chi connectivity index (χ1n) is 8.42. The second kappa shape index (κ2) is 7.25. The Kier molecular flexibility index (Phi) is 5.62. The van der Waals surface area contributed by atoms with Gasteiger partial charge in [0.05, 0.1) is 6.04 Å². The number of likely N-dealkylation sites (N-methyl/N-ethyl adjacent to an activating group) is 1. The first-order chi connectivity index (χ1) is 10.1. The van der Waals surface area contributed by atoms with Gasteiger partial charge in [-0.3, -0.25) is 9.59 Å². The summed E-state index contributed by atoms with van der Waals surface area (Å²) in [7, 11) is 0. The lowest BCUT2D eigenvalue weighted by Crippen LogP contribution is -2.51. The Morgan fingerprint density at radius 1 is 1.24 bits per heavy atom. The minimum absolute atomic E-state index is 0.00348. The predicted molar refractivity (Wildman–Crippen MR) is 82.8 cm³/mol. The van der Waals surface area contributed by atoms with Crippen LogP contribution in [0.15, 0.2) is 0 Å². The third-order valence-corrected chi connectivity index (χ3v) is 4.98. The van der Waals surface area contributed by atoms with E-state index in [0.29, 0.717) is 25.0 Å². The van der Waals surface area contributed by atoms with Gasteiger partial charge in [-0.2, -0.15) is 0 Å². The minimum Gasteiger partial charge on any atom is -0.343 e. The molecule has 1 heterocycles. The summed E-state index contributed by atoms with van der Waals surface area (Å²) in [6.07, 6.45) is 5.88. The smallest absolute Gasteiger partial charge is 0.244 e. The molecule has 4 atom stereocenters. The summed E-state index contributed by atoms with van der Waals surface area (Å²) in [5.74, 6) is 0.629. The van der Waals surface area contributed by atoms with Gasteiger partial charge in [-0.05, 0) is 46.0 Å². The van der Waals surface area contributed by atoms with Crippen molar-refractivity contribution >= 4 is 11.8 Å². The van der Waals surface area contributed by atoms with Gasteiger partial charge in [0.15, 0.2) is 0 Å². The molecule has 5 heteroatoms. The molecule has 0 bridgehead atoms. The number of nitrogens with one attached hydrogen (secondary N) is 2. The van der Waals surface area contributed by atoms with Gasteiger partial charge in [-0.15, -0.1) is 0 Å². The molecule has 1 saturated heterocycles. The minimum atomic E-state index is -0.443. The van der Waals surface area contributed by atoms with Gasteiger partial charge in [0.25, 0.3) is 0 Å². The highest BCUT2D eigenvalue weighted by Crippen LogP contribution is 2.33. The molecule has 0 aromatic carbocycles. The van der Waals surface area contributed by atoms with Crippen molar-refractivity contribution in [3.63, 3.8) is 0 Å². The van der Waals surface area contributed by atoms with Crippen molar-refractivity contribution in [2.24, 2.45) is 5.92 Å². The van der Waals surface area contributed by atoms with Crippen LogP contribution in [-0.2, 0) is 9.59 Å². The van der Waals surface area contributed by atoms with Crippen molar-refractivity contribution in [3.05, 3.63) is 0 Å². The van der Waals surface area contributed by atoms with Gasteiger partial charge in [-0.25, -0.2) is 0 Å². The van der Waals surface area contributed by atoms with Crippen molar-refractivity contribution in [1.82, 2.24) is 15.5 Å². The van der Waals surface area contributed by atoms with Gasteiger partial charge in [0, 0.05) is 19.1 Å². The molecule has 1 aliphatic heterocycles. The topological polar surface area (TPSA) is 61.4 Å². The number of rotatable bonds is 5. The average Bonchev–Trinajstić information content (AvgIpc) is 2.92. The fraction of sp³-hybridized carbons (Fsp3) is 0.875. The molecule has 0 spiro atoms. The maximum atomic E-state index is 12.4. The zero-order valence-corrected chi connectivity index (χ0v) is 13.5. The van der Waals surface area contributed by atoms with Crippen LogP contribution in [0.4, 0.5) is 0 Å². The Bertz CT molecular complexity index is 368. The highest BCUT2D eigenvalue weighted by atomic mass is 16.2. The Balaban J connectivity index is 1.85. The van der Waals surface area contributed by atoms with Crippen LogP contribution in [0.25, 0.3) is 0 Å². The monoisotopic (exact) mass is 295 g/mol. The molecule has 5 nitrogen and oxygen atoms in total.